The molecule has 0 aromatic heterocycles. The van der Waals surface area contributed by atoms with E-state index in [9.17, 15) is 9.59 Å². The van der Waals surface area contributed by atoms with E-state index in [0.717, 1.165) is 16.8 Å². The number of benzene rings is 2. The number of thioether (sulfide) groups is 1. The average Bonchev–Trinajstić information content (AvgIpc) is 3.09. The van der Waals surface area contributed by atoms with Crippen LogP contribution in [0.15, 0.2) is 42.5 Å². The van der Waals surface area contributed by atoms with Crippen molar-refractivity contribution in [3.63, 3.8) is 0 Å². The van der Waals surface area contributed by atoms with Crippen molar-refractivity contribution in [2.24, 2.45) is 5.92 Å². The summed E-state index contributed by atoms with van der Waals surface area (Å²) < 4.78 is 0. The van der Waals surface area contributed by atoms with Gasteiger partial charge in [-0.15, -0.1) is 11.8 Å². The van der Waals surface area contributed by atoms with Crippen LogP contribution in [0.3, 0.4) is 0 Å². The molecule has 0 aliphatic carbocycles. The summed E-state index contributed by atoms with van der Waals surface area (Å²) in [5, 5.41) is 3.33. The molecule has 1 aliphatic heterocycles. The first kappa shape index (κ1) is 20.7. The van der Waals surface area contributed by atoms with E-state index >= 15 is 0 Å². The van der Waals surface area contributed by atoms with Crippen LogP contribution >= 0.6 is 23.4 Å². The number of anilines is 1. The maximum Gasteiger partial charge on any atom is 0.248 e. The predicted octanol–water partition coefficient (Wildman–Crippen LogP) is 5.19. The number of hydrogen-bond donors (Lipinski definition) is 1. The lowest BCUT2D eigenvalue weighted by molar-refractivity contribution is -0.140. The molecule has 1 N–H and O–H groups in total. The van der Waals surface area contributed by atoms with Crippen LogP contribution in [0.25, 0.3) is 0 Å². The Labute approximate surface area is 175 Å². The van der Waals surface area contributed by atoms with Crippen molar-refractivity contribution in [3.05, 3.63) is 64.2 Å². The number of nitrogens with zero attached hydrogens (tertiary/aromatic N) is 1. The van der Waals surface area contributed by atoms with Gasteiger partial charge >= 0.3 is 0 Å². The monoisotopic (exact) mass is 416 g/mol. The zero-order chi connectivity index (χ0) is 20.4. The van der Waals surface area contributed by atoms with E-state index < -0.39 is 6.04 Å². The molecule has 6 heteroatoms. The molecule has 4 nitrogen and oxygen atoms in total. The zero-order valence-electron chi connectivity index (χ0n) is 16.5. The predicted molar refractivity (Wildman–Crippen MR) is 117 cm³/mol. The van der Waals surface area contributed by atoms with Gasteiger partial charge in [-0.25, -0.2) is 0 Å². The molecule has 0 radical (unpaired) electrons. The van der Waals surface area contributed by atoms with E-state index in [2.05, 4.69) is 5.32 Å². The van der Waals surface area contributed by atoms with Crippen LogP contribution in [0.5, 0.6) is 0 Å². The van der Waals surface area contributed by atoms with Gasteiger partial charge in [0.05, 0.1) is 0 Å². The number of hydrogen-bond acceptors (Lipinski definition) is 3. The lowest BCUT2D eigenvalue weighted by Crippen LogP contribution is -2.47. The van der Waals surface area contributed by atoms with Crippen LogP contribution in [0.2, 0.25) is 5.02 Å². The third-order valence-corrected chi connectivity index (χ3v) is 6.65. The molecule has 2 aromatic rings. The Morgan fingerprint density at radius 2 is 1.86 bits per heavy atom. The highest BCUT2D eigenvalue weighted by atomic mass is 35.5. The largest absolute Gasteiger partial charge is 0.324 e. The molecule has 1 aliphatic rings. The Hall–Kier alpha value is -1.98. The van der Waals surface area contributed by atoms with Crippen LogP contribution in [0.1, 0.15) is 35.9 Å². The first-order valence-electron chi connectivity index (χ1n) is 9.36. The first-order chi connectivity index (χ1) is 13.3. The molecule has 28 heavy (non-hydrogen) atoms. The van der Waals surface area contributed by atoms with Gasteiger partial charge in [-0.1, -0.05) is 49.7 Å². The lowest BCUT2D eigenvalue weighted by Gasteiger charge is -2.31. The maximum atomic E-state index is 13.1. The highest BCUT2D eigenvalue weighted by Gasteiger charge is 2.43. The van der Waals surface area contributed by atoms with Crippen molar-refractivity contribution in [2.45, 2.75) is 39.1 Å². The van der Waals surface area contributed by atoms with Gasteiger partial charge in [0.25, 0.3) is 0 Å². The summed E-state index contributed by atoms with van der Waals surface area (Å²) >= 11 is 7.97. The molecular formula is C22H25ClN2O2S. The van der Waals surface area contributed by atoms with Gasteiger partial charge in [-0.3, -0.25) is 9.59 Å². The molecule has 0 bridgehead atoms. The normalized spacial score (nSPS) is 19.1. The van der Waals surface area contributed by atoms with Crippen molar-refractivity contribution in [3.8, 4) is 0 Å². The molecule has 148 valence electrons. The number of aryl methyl sites for hydroxylation is 2. The van der Waals surface area contributed by atoms with E-state index in [4.69, 9.17) is 11.6 Å². The second-order valence-electron chi connectivity index (χ2n) is 7.41. The summed E-state index contributed by atoms with van der Waals surface area (Å²) in [5.41, 5.74) is 3.90. The van der Waals surface area contributed by atoms with Crippen LogP contribution < -0.4 is 5.32 Å². The van der Waals surface area contributed by atoms with Crippen LogP contribution in [-0.4, -0.2) is 28.5 Å². The third-order valence-electron chi connectivity index (χ3n) is 5.00. The summed E-state index contributed by atoms with van der Waals surface area (Å²) in [4.78, 5) is 27.8. The number of carbonyl (C=O) groups is 2. The summed E-state index contributed by atoms with van der Waals surface area (Å²) in [6.07, 6.45) is 0. The Balaban J connectivity index is 1.88. The summed E-state index contributed by atoms with van der Waals surface area (Å²) in [7, 11) is 0. The molecular weight excluding hydrogens is 392 g/mol. The highest BCUT2D eigenvalue weighted by Crippen LogP contribution is 2.44. The van der Waals surface area contributed by atoms with Gasteiger partial charge in [-0.05, 0) is 43.2 Å². The molecule has 2 amide bonds. The summed E-state index contributed by atoms with van der Waals surface area (Å²) in [6.45, 7) is 7.75. The minimum atomic E-state index is -0.539. The Kier molecular flexibility index (Phi) is 6.36. The molecule has 1 fully saturated rings. The van der Waals surface area contributed by atoms with E-state index in [0.29, 0.717) is 10.8 Å². The minimum absolute atomic E-state index is 0.0462. The average molecular weight is 417 g/mol. The standard InChI is InChI=1S/C22H25ClN2O2S/c1-13(2)21(27)25-19(12-28-22(25)17-7-5-6-8-18(17)23)20(26)24-16-10-9-14(3)15(4)11-16/h5-11,13,19,22H,12H2,1-4H3,(H,24,26). The number of halogens is 1. The number of carbonyl (C=O) groups excluding carboxylic acids is 2. The molecule has 1 saturated heterocycles. The fraction of sp³-hybridized carbons (Fsp3) is 0.364. The lowest BCUT2D eigenvalue weighted by atomic mass is 10.1. The molecule has 0 saturated carbocycles. The molecule has 2 unspecified atom stereocenters. The number of rotatable bonds is 4. The molecule has 3 rings (SSSR count). The van der Waals surface area contributed by atoms with Gasteiger partial charge in [0, 0.05) is 27.9 Å². The van der Waals surface area contributed by atoms with Crippen LogP contribution in [0, 0.1) is 19.8 Å². The molecule has 1 heterocycles. The van der Waals surface area contributed by atoms with E-state index in [1.54, 1.807) is 16.7 Å². The fourth-order valence-corrected chi connectivity index (χ4v) is 5.01. The zero-order valence-corrected chi connectivity index (χ0v) is 18.1. The van der Waals surface area contributed by atoms with Crippen molar-refractivity contribution < 1.29 is 9.59 Å². The second kappa shape index (κ2) is 8.58. The van der Waals surface area contributed by atoms with Crippen molar-refractivity contribution in [1.82, 2.24) is 4.90 Å². The smallest absolute Gasteiger partial charge is 0.248 e. The summed E-state index contributed by atoms with van der Waals surface area (Å²) in [6, 6.07) is 12.8. The SMILES string of the molecule is Cc1ccc(NC(=O)C2CSC(c3ccccc3Cl)N2C(=O)C(C)C)cc1C. The van der Waals surface area contributed by atoms with Crippen molar-refractivity contribution >= 4 is 40.9 Å². The molecule has 0 spiro atoms. The first-order valence-corrected chi connectivity index (χ1v) is 10.8. The maximum absolute atomic E-state index is 13.1. The van der Waals surface area contributed by atoms with Gasteiger partial charge in [0.1, 0.15) is 11.4 Å². The Bertz CT molecular complexity index is 900. The highest BCUT2D eigenvalue weighted by molar-refractivity contribution is 7.99. The fourth-order valence-electron chi connectivity index (χ4n) is 3.24. The summed E-state index contributed by atoms with van der Waals surface area (Å²) in [5.74, 6) is 0.112. The van der Waals surface area contributed by atoms with Crippen molar-refractivity contribution in [1.29, 1.82) is 0 Å². The van der Waals surface area contributed by atoms with Gasteiger partial charge in [0.2, 0.25) is 11.8 Å². The second-order valence-corrected chi connectivity index (χ2v) is 8.93. The molecule has 2 aromatic carbocycles. The number of nitrogens with one attached hydrogen (secondary N) is 1. The number of amides is 2. The Morgan fingerprint density at radius 1 is 1.14 bits per heavy atom. The van der Waals surface area contributed by atoms with E-state index in [-0.39, 0.29) is 23.1 Å². The van der Waals surface area contributed by atoms with Gasteiger partial charge in [0.15, 0.2) is 0 Å². The molecule has 2 atom stereocenters. The van der Waals surface area contributed by atoms with Crippen molar-refractivity contribution in [2.75, 3.05) is 11.1 Å². The van der Waals surface area contributed by atoms with Crippen LogP contribution in [0.4, 0.5) is 5.69 Å². The van der Waals surface area contributed by atoms with E-state index in [1.807, 2.05) is 70.2 Å². The van der Waals surface area contributed by atoms with Gasteiger partial charge in [-0.2, -0.15) is 0 Å². The topological polar surface area (TPSA) is 49.4 Å². The van der Waals surface area contributed by atoms with Gasteiger partial charge < -0.3 is 10.2 Å². The van der Waals surface area contributed by atoms with E-state index in [1.165, 1.54) is 5.56 Å². The quantitative estimate of drug-likeness (QED) is 0.745. The Morgan fingerprint density at radius 3 is 2.50 bits per heavy atom. The third kappa shape index (κ3) is 4.20. The minimum Gasteiger partial charge on any atom is -0.324 e. The van der Waals surface area contributed by atoms with Crippen LogP contribution in [-0.2, 0) is 9.59 Å².